The van der Waals surface area contributed by atoms with Crippen LogP contribution in [-0.2, 0) is 4.79 Å². The van der Waals surface area contributed by atoms with E-state index in [1.54, 1.807) is 11.8 Å². The number of hydrogen-bond acceptors (Lipinski definition) is 3. The molecule has 1 atom stereocenters. The smallest absolute Gasteiger partial charge is 0.226 e. The van der Waals surface area contributed by atoms with Crippen LogP contribution in [0.2, 0.25) is 0 Å². The van der Waals surface area contributed by atoms with Gasteiger partial charge in [0.25, 0.3) is 0 Å². The standard InChI is InChI=1S/C9H20N2O2/c1-7(2)11(4-5-12)9(13)8(3)6-10/h7-8,12H,4-6,10H2,1-3H3. The second-order valence-corrected chi connectivity index (χ2v) is 3.49. The molecule has 13 heavy (non-hydrogen) atoms. The van der Waals surface area contributed by atoms with Gasteiger partial charge in [0.05, 0.1) is 6.61 Å². The fourth-order valence-electron chi connectivity index (χ4n) is 1.11. The van der Waals surface area contributed by atoms with Crippen molar-refractivity contribution in [2.45, 2.75) is 26.8 Å². The van der Waals surface area contributed by atoms with Gasteiger partial charge >= 0.3 is 0 Å². The quantitative estimate of drug-likeness (QED) is 0.628. The van der Waals surface area contributed by atoms with Crippen LogP contribution in [0.25, 0.3) is 0 Å². The lowest BCUT2D eigenvalue weighted by molar-refractivity contribution is -0.136. The average molecular weight is 188 g/mol. The SMILES string of the molecule is CC(CN)C(=O)N(CCO)C(C)C. The van der Waals surface area contributed by atoms with Gasteiger partial charge in [-0.05, 0) is 13.8 Å². The van der Waals surface area contributed by atoms with Gasteiger partial charge < -0.3 is 15.7 Å². The number of aliphatic hydroxyl groups excluding tert-OH is 1. The fourth-order valence-corrected chi connectivity index (χ4v) is 1.11. The Balaban J connectivity index is 4.27. The molecule has 0 aliphatic carbocycles. The minimum atomic E-state index is -0.158. The number of rotatable bonds is 5. The first-order valence-corrected chi connectivity index (χ1v) is 4.66. The van der Waals surface area contributed by atoms with Gasteiger partial charge in [-0.15, -0.1) is 0 Å². The molecule has 0 bridgehead atoms. The van der Waals surface area contributed by atoms with Crippen molar-refractivity contribution in [1.82, 2.24) is 4.90 Å². The van der Waals surface area contributed by atoms with E-state index >= 15 is 0 Å². The molecule has 1 amide bonds. The largest absolute Gasteiger partial charge is 0.395 e. The minimum absolute atomic E-state index is 0.00120. The summed E-state index contributed by atoms with van der Waals surface area (Å²) in [6, 6.07) is 0.119. The van der Waals surface area contributed by atoms with Crippen LogP contribution in [-0.4, -0.2) is 41.7 Å². The summed E-state index contributed by atoms with van der Waals surface area (Å²) >= 11 is 0. The summed E-state index contributed by atoms with van der Waals surface area (Å²) in [7, 11) is 0. The van der Waals surface area contributed by atoms with Gasteiger partial charge in [-0.3, -0.25) is 4.79 Å². The van der Waals surface area contributed by atoms with E-state index in [1.165, 1.54) is 0 Å². The van der Waals surface area contributed by atoms with Gasteiger partial charge in [-0.2, -0.15) is 0 Å². The molecule has 0 radical (unpaired) electrons. The van der Waals surface area contributed by atoms with Crippen molar-refractivity contribution in [3.63, 3.8) is 0 Å². The van der Waals surface area contributed by atoms with Gasteiger partial charge in [-0.1, -0.05) is 6.92 Å². The molecule has 0 saturated carbocycles. The normalized spacial score (nSPS) is 13.1. The van der Waals surface area contributed by atoms with Crippen molar-refractivity contribution in [3.05, 3.63) is 0 Å². The highest BCUT2D eigenvalue weighted by Gasteiger charge is 2.20. The first-order chi connectivity index (χ1) is 6.04. The number of carbonyl (C=O) groups excluding carboxylic acids is 1. The van der Waals surface area contributed by atoms with Crippen LogP contribution in [0.4, 0.5) is 0 Å². The molecule has 0 rings (SSSR count). The van der Waals surface area contributed by atoms with E-state index < -0.39 is 0 Å². The van der Waals surface area contributed by atoms with Gasteiger partial charge in [0, 0.05) is 25.0 Å². The zero-order valence-electron chi connectivity index (χ0n) is 8.66. The maximum absolute atomic E-state index is 11.6. The Morgan fingerprint density at radius 2 is 2.00 bits per heavy atom. The summed E-state index contributed by atoms with van der Waals surface area (Å²) in [6.07, 6.45) is 0. The van der Waals surface area contributed by atoms with E-state index in [9.17, 15) is 4.79 Å². The van der Waals surface area contributed by atoms with Crippen LogP contribution in [0.5, 0.6) is 0 Å². The van der Waals surface area contributed by atoms with Gasteiger partial charge in [0.2, 0.25) is 5.91 Å². The maximum Gasteiger partial charge on any atom is 0.226 e. The Morgan fingerprint density at radius 3 is 2.31 bits per heavy atom. The zero-order valence-corrected chi connectivity index (χ0v) is 8.66. The molecule has 0 aliphatic rings. The first kappa shape index (κ1) is 12.4. The number of amides is 1. The molecule has 3 N–H and O–H groups in total. The summed E-state index contributed by atoms with van der Waals surface area (Å²) in [4.78, 5) is 13.3. The molecule has 0 saturated heterocycles. The summed E-state index contributed by atoms with van der Waals surface area (Å²) < 4.78 is 0. The van der Waals surface area contributed by atoms with Gasteiger partial charge in [0.1, 0.15) is 0 Å². The van der Waals surface area contributed by atoms with Gasteiger partial charge in [0.15, 0.2) is 0 Å². The van der Waals surface area contributed by atoms with Crippen LogP contribution in [0.1, 0.15) is 20.8 Å². The van der Waals surface area contributed by atoms with E-state index in [0.29, 0.717) is 13.1 Å². The molecule has 0 aromatic carbocycles. The molecule has 0 aromatic rings. The van der Waals surface area contributed by atoms with Crippen molar-refractivity contribution in [1.29, 1.82) is 0 Å². The molecule has 0 aromatic heterocycles. The summed E-state index contributed by atoms with van der Waals surface area (Å²) in [5.41, 5.74) is 5.40. The van der Waals surface area contributed by atoms with Crippen LogP contribution >= 0.6 is 0 Å². The number of nitrogens with two attached hydrogens (primary N) is 1. The maximum atomic E-state index is 11.6. The minimum Gasteiger partial charge on any atom is -0.395 e. The van der Waals surface area contributed by atoms with Crippen LogP contribution in [0.15, 0.2) is 0 Å². The topological polar surface area (TPSA) is 66.6 Å². The third-order valence-electron chi connectivity index (χ3n) is 2.02. The van der Waals surface area contributed by atoms with Crippen LogP contribution in [0.3, 0.4) is 0 Å². The highest BCUT2D eigenvalue weighted by Crippen LogP contribution is 2.05. The lowest BCUT2D eigenvalue weighted by Gasteiger charge is -2.28. The average Bonchev–Trinajstić information content (AvgIpc) is 2.11. The fraction of sp³-hybridized carbons (Fsp3) is 0.889. The first-order valence-electron chi connectivity index (χ1n) is 4.66. The summed E-state index contributed by atoms with van der Waals surface area (Å²) in [6.45, 7) is 6.40. The molecule has 78 valence electrons. The number of carbonyl (C=O) groups is 1. The monoisotopic (exact) mass is 188 g/mol. The zero-order chi connectivity index (χ0) is 10.4. The molecule has 4 heteroatoms. The van der Waals surface area contributed by atoms with Crippen LogP contribution < -0.4 is 5.73 Å². The van der Waals surface area contributed by atoms with E-state index in [1.807, 2.05) is 13.8 Å². The highest BCUT2D eigenvalue weighted by atomic mass is 16.3. The highest BCUT2D eigenvalue weighted by molar-refractivity contribution is 5.79. The van der Waals surface area contributed by atoms with E-state index in [2.05, 4.69) is 0 Å². The predicted octanol–water partition coefficient (Wildman–Crippen LogP) is -0.189. The number of hydrogen-bond donors (Lipinski definition) is 2. The molecule has 0 heterocycles. The number of nitrogens with zero attached hydrogens (tertiary/aromatic N) is 1. The van der Waals surface area contributed by atoms with Crippen molar-refractivity contribution in [3.8, 4) is 0 Å². The summed E-state index contributed by atoms with van der Waals surface area (Å²) in [5, 5.41) is 8.76. The van der Waals surface area contributed by atoms with Crippen LogP contribution in [0, 0.1) is 5.92 Å². The Labute approximate surface area is 79.7 Å². The van der Waals surface area contributed by atoms with E-state index in [4.69, 9.17) is 10.8 Å². The molecule has 0 fully saturated rings. The molecular formula is C9H20N2O2. The predicted molar refractivity (Wildman–Crippen MR) is 52.2 cm³/mol. The molecular weight excluding hydrogens is 168 g/mol. The second kappa shape index (κ2) is 5.94. The van der Waals surface area contributed by atoms with Crippen molar-refractivity contribution in [2.75, 3.05) is 19.7 Å². The molecule has 1 unspecified atom stereocenters. The van der Waals surface area contributed by atoms with E-state index in [-0.39, 0.29) is 24.5 Å². The van der Waals surface area contributed by atoms with Crippen molar-refractivity contribution >= 4 is 5.91 Å². The Morgan fingerprint density at radius 1 is 1.46 bits per heavy atom. The lowest BCUT2D eigenvalue weighted by atomic mass is 10.1. The molecule has 0 aliphatic heterocycles. The van der Waals surface area contributed by atoms with Crippen molar-refractivity contribution < 1.29 is 9.90 Å². The third kappa shape index (κ3) is 3.74. The lowest BCUT2D eigenvalue weighted by Crippen LogP contribution is -2.43. The second-order valence-electron chi connectivity index (χ2n) is 3.49. The Hall–Kier alpha value is -0.610. The van der Waals surface area contributed by atoms with Gasteiger partial charge in [-0.25, -0.2) is 0 Å². The summed E-state index contributed by atoms with van der Waals surface area (Å²) in [5.74, 6) is -0.138. The Kier molecular flexibility index (Phi) is 5.66. The Bertz CT molecular complexity index is 160. The number of aliphatic hydroxyl groups is 1. The molecule has 4 nitrogen and oxygen atoms in total. The third-order valence-corrected chi connectivity index (χ3v) is 2.02. The van der Waals surface area contributed by atoms with Crippen molar-refractivity contribution in [2.24, 2.45) is 11.7 Å². The van der Waals surface area contributed by atoms with E-state index in [0.717, 1.165) is 0 Å². The molecule has 0 spiro atoms.